The number of para-hydroxylation sites is 1. The lowest BCUT2D eigenvalue weighted by molar-refractivity contribution is 0.217. The summed E-state index contributed by atoms with van der Waals surface area (Å²) in [4.78, 5) is 18.3. The number of rotatable bonds is 2. The fourth-order valence-corrected chi connectivity index (χ4v) is 3.10. The first-order valence-corrected chi connectivity index (χ1v) is 8.02. The van der Waals surface area contributed by atoms with Gasteiger partial charge in [-0.15, -0.1) is 5.10 Å². The number of nitrogens with one attached hydrogen (secondary N) is 1. The minimum atomic E-state index is -0.125. The van der Waals surface area contributed by atoms with E-state index in [4.69, 9.17) is 0 Å². The van der Waals surface area contributed by atoms with E-state index in [2.05, 4.69) is 15.4 Å². The summed E-state index contributed by atoms with van der Waals surface area (Å²) in [5, 5.41) is 7.13. The number of carbonyl (C=O) groups excluding carboxylic acids is 1. The summed E-state index contributed by atoms with van der Waals surface area (Å²) in [7, 11) is 0. The number of amides is 2. The number of thioether (sulfide) groups is 1. The second kappa shape index (κ2) is 6.17. The molecule has 6 nitrogen and oxygen atoms in total. The Hall–Kier alpha value is -2.02. The average molecular weight is 303 g/mol. The molecule has 2 aromatic rings. The van der Waals surface area contributed by atoms with Crippen LogP contribution in [0.15, 0.2) is 30.3 Å². The van der Waals surface area contributed by atoms with Gasteiger partial charge < -0.3 is 4.90 Å². The molecule has 1 N–H and O–H groups in total. The van der Waals surface area contributed by atoms with Gasteiger partial charge in [0.2, 0.25) is 0 Å². The smallest absolute Gasteiger partial charge is 0.323 e. The fraction of sp³-hybridized carbons (Fsp3) is 0.357. The molecule has 0 bridgehead atoms. The molecule has 0 radical (unpaired) electrons. The maximum atomic E-state index is 12.1. The van der Waals surface area contributed by atoms with Crippen molar-refractivity contribution >= 4 is 23.7 Å². The van der Waals surface area contributed by atoms with E-state index in [-0.39, 0.29) is 6.03 Å². The molecule has 3 rings (SSSR count). The van der Waals surface area contributed by atoms with Crippen molar-refractivity contribution in [2.24, 2.45) is 0 Å². The van der Waals surface area contributed by atoms with Crippen molar-refractivity contribution in [3.05, 3.63) is 36.2 Å². The maximum absolute atomic E-state index is 12.1. The summed E-state index contributed by atoms with van der Waals surface area (Å²) in [5.41, 5.74) is 0.928. The summed E-state index contributed by atoms with van der Waals surface area (Å²) in [6.07, 6.45) is 0. The number of nitrogens with zero attached hydrogens (tertiary/aromatic N) is 4. The van der Waals surface area contributed by atoms with Gasteiger partial charge in [0.1, 0.15) is 5.82 Å². The summed E-state index contributed by atoms with van der Waals surface area (Å²) in [6, 6.07) is 9.62. The predicted molar refractivity (Wildman–Crippen MR) is 84.0 cm³/mol. The number of hydrogen-bond donors (Lipinski definition) is 1. The van der Waals surface area contributed by atoms with Crippen LogP contribution in [0.1, 0.15) is 5.82 Å². The van der Waals surface area contributed by atoms with Gasteiger partial charge in [0.15, 0.2) is 0 Å². The normalized spacial score (nSPS) is 15.0. The highest BCUT2D eigenvalue weighted by atomic mass is 32.2. The van der Waals surface area contributed by atoms with Crippen molar-refractivity contribution in [2.75, 3.05) is 29.9 Å². The number of aryl methyl sites for hydroxylation is 1. The van der Waals surface area contributed by atoms with Crippen LogP contribution in [-0.4, -0.2) is 50.3 Å². The Labute approximate surface area is 127 Å². The molecule has 7 heteroatoms. The summed E-state index contributed by atoms with van der Waals surface area (Å²) in [6.45, 7) is 3.41. The van der Waals surface area contributed by atoms with E-state index in [1.807, 2.05) is 49.0 Å². The van der Waals surface area contributed by atoms with Crippen LogP contribution in [0.2, 0.25) is 0 Å². The minimum absolute atomic E-state index is 0.125. The molecule has 1 aliphatic rings. The second-order valence-electron chi connectivity index (χ2n) is 4.76. The molecule has 1 saturated heterocycles. The van der Waals surface area contributed by atoms with Crippen LogP contribution in [-0.2, 0) is 0 Å². The quantitative estimate of drug-likeness (QED) is 0.923. The predicted octanol–water partition coefficient (Wildman–Crippen LogP) is 2.16. The molecule has 2 amide bonds. The van der Waals surface area contributed by atoms with E-state index < -0.39 is 0 Å². The first-order valence-electron chi connectivity index (χ1n) is 6.87. The van der Waals surface area contributed by atoms with Crippen molar-refractivity contribution < 1.29 is 4.79 Å². The number of benzene rings is 1. The van der Waals surface area contributed by atoms with Crippen LogP contribution in [0, 0.1) is 6.92 Å². The molecule has 2 heterocycles. The van der Waals surface area contributed by atoms with Crippen LogP contribution < -0.4 is 5.32 Å². The van der Waals surface area contributed by atoms with Gasteiger partial charge in [-0.3, -0.25) is 5.32 Å². The number of urea groups is 1. The molecule has 1 fully saturated rings. The Morgan fingerprint density at radius 1 is 1.24 bits per heavy atom. The van der Waals surface area contributed by atoms with Gasteiger partial charge in [-0.25, -0.2) is 9.48 Å². The Balaban J connectivity index is 1.73. The van der Waals surface area contributed by atoms with Crippen molar-refractivity contribution in [3.63, 3.8) is 0 Å². The van der Waals surface area contributed by atoms with Crippen LogP contribution in [0.5, 0.6) is 0 Å². The van der Waals surface area contributed by atoms with Crippen LogP contribution in [0.25, 0.3) is 5.69 Å². The standard InChI is InChI=1S/C14H17N5OS/c1-11-15-13(16-14(20)18-7-9-21-10-8-18)17-19(11)12-5-3-2-4-6-12/h2-6H,7-10H2,1H3,(H,16,17,20). The monoisotopic (exact) mass is 303 g/mol. The number of aromatic nitrogens is 3. The summed E-state index contributed by atoms with van der Waals surface area (Å²) < 4.78 is 1.72. The second-order valence-corrected chi connectivity index (χ2v) is 5.98. The number of anilines is 1. The van der Waals surface area contributed by atoms with E-state index in [1.165, 1.54) is 0 Å². The Bertz CT molecular complexity index is 622. The molecular weight excluding hydrogens is 286 g/mol. The SMILES string of the molecule is Cc1nc(NC(=O)N2CCSCC2)nn1-c1ccccc1. The Kier molecular flexibility index (Phi) is 4.10. The molecule has 0 spiro atoms. The molecule has 21 heavy (non-hydrogen) atoms. The van der Waals surface area contributed by atoms with Gasteiger partial charge in [-0.1, -0.05) is 18.2 Å². The molecule has 0 saturated carbocycles. The van der Waals surface area contributed by atoms with E-state index in [0.29, 0.717) is 5.95 Å². The molecule has 0 unspecified atom stereocenters. The molecule has 0 aliphatic carbocycles. The van der Waals surface area contributed by atoms with Gasteiger partial charge in [0.05, 0.1) is 5.69 Å². The molecule has 1 aliphatic heterocycles. The van der Waals surface area contributed by atoms with Crippen LogP contribution in [0.4, 0.5) is 10.7 Å². The lowest BCUT2D eigenvalue weighted by Gasteiger charge is -2.25. The van der Waals surface area contributed by atoms with Crippen molar-refractivity contribution in [1.82, 2.24) is 19.7 Å². The zero-order valence-corrected chi connectivity index (χ0v) is 12.6. The van der Waals surface area contributed by atoms with E-state index in [1.54, 1.807) is 9.58 Å². The van der Waals surface area contributed by atoms with Crippen molar-refractivity contribution in [1.29, 1.82) is 0 Å². The van der Waals surface area contributed by atoms with Crippen LogP contribution in [0.3, 0.4) is 0 Å². The number of carbonyl (C=O) groups is 1. The largest absolute Gasteiger partial charge is 0.324 e. The van der Waals surface area contributed by atoms with E-state index in [9.17, 15) is 4.79 Å². The topological polar surface area (TPSA) is 63.1 Å². The molecule has 110 valence electrons. The third-order valence-electron chi connectivity index (χ3n) is 3.29. The fourth-order valence-electron chi connectivity index (χ4n) is 2.20. The first kappa shape index (κ1) is 13.9. The molecule has 0 atom stereocenters. The highest BCUT2D eigenvalue weighted by Crippen LogP contribution is 2.13. The zero-order chi connectivity index (χ0) is 14.7. The Morgan fingerprint density at radius 2 is 1.95 bits per heavy atom. The van der Waals surface area contributed by atoms with Gasteiger partial charge in [0.25, 0.3) is 5.95 Å². The van der Waals surface area contributed by atoms with Gasteiger partial charge in [-0.2, -0.15) is 16.7 Å². The lowest BCUT2D eigenvalue weighted by atomic mass is 10.3. The molecular formula is C14H17N5OS. The lowest BCUT2D eigenvalue weighted by Crippen LogP contribution is -2.40. The highest BCUT2D eigenvalue weighted by molar-refractivity contribution is 7.99. The molecule has 1 aromatic heterocycles. The first-order chi connectivity index (χ1) is 10.2. The van der Waals surface area contributed by atoms with Crippen molar-refractivity contribution in [2.45, 2.75) is 6.92 Å². The van der Waals surface area contributed by atoms with Gasteiger partial charge >= 0.3 is 6.03 Å². The highest BCUT2D eigenvalue weighted by Gasteiger charge is 2.18. The Morgan fingerprint density at radius 3 is 2.67 bits per heavy atom. The zero-order valence-electron chi connectivity index (χ0n) is 11.8. The third-order valence-corrected chi connectivity index (χ3v) is 4.23. The van der Waals surface area contributed by atoms with Crippen LogP contribution >= 0.6 is 11.8 Å². The van der Waals surface area contributed by atoms with E-state index in [0.717, 1.165) is 36.1 Å². The van der Waals surface area contributed by atoms with Gasteiger partial charge in [-0.05, 0) is 19.1 Å². The summed E-state index contributed by atoms with van der Waals surface area (Å²) >= 11 is 1.87. The number of hydrogen-bond acceptors (Lipinski definition) is 4. The average Bonchev–Trinajstić information content (AvgIpc) is 2.89. The third kappa shape index (κ3) is 3.18. The van der Waals surface area contributed by atoms with Gasteiger partial charge in [0, 0.05) is 24.6 Å². The van der Waals surface area contributed by atoms with Crippen molar-refractivity contribution in [3.8, 4) is 5.69 Å². The summed E-state index contributed by atoms with van der Waals surface area (Å²) in [5.74, 6) is 3.06. The molecule has 1 aromatic carbocycles. The van der Waals surface area contributed by atoms with E-state index >= 15 is 0 Å². The minimum Gasteiger partial charge on any atom is -0.323 e. The maximum Gasteiger partial charge on any atom is 0.324 e.